The highest BCUT2D eigenvalue weighted by atomic mass is 16.5. The monoisotopic (exact) mass is 199 g/mol. The van der Waals surface area contributed by atoms with E-state index in [1.165, 1.54) is 38.8 Å². The maximum atomic E-state index is 8.63. The van der Waals surface area contributed by atoms with Crippen LogP contribution in [0.4, 0.5) is 0 Å². The fourth-order valence-corrected chi connectivity index (χ4v) is 2.16. The first kappa shape index (κ1) is 10.4. The van der Waals surface area contributed by atoms with Crippen molar-refractivity contribution in [2.45, 2.75) is 44.2 Å². The molecular formula is C11H21NO2. The number of ether oxygens (including phenoxy) is 1. The second kappa shape index (κ2) is 5.10. The maximum absolute atomic E-state index is 8.63. The SMILES string of the molecule is OCCCOC1CCN(C2CC2)CC1. The van der Waals surface area contributed by atoms with Gasteiger partial charge in [0, 0.05) is 32.3 Å². The smallest absolute Gasteiger partial charge is 0.0599 e. The molecule has 2 aliphatic rings. The van der Waals surface area contributed by atoms with Crippen LogP contribution in [-0.4, -0.2) is 48.5 Å². The first-order chi connectivity index (χ1) is 6.90. The van der Waals surface area contributed by atoms with Gasteiger partial charge in [-0.2, -0.15) is 0 Å². The van der Waals surface area contributed by atoms with Crippen molar-refractivity contribution in [1.82, 2.24) is 4.90 Å². The van der Waals surface area contributed by atoms with Crippen molar-refractivity contribution in [3.8, 4) is 0 Å². The van der Waals surface area contributed by atoms with Crippen molar-refractivity contribution in [2.24, 2.45) is 0 Å². The van der Waals surface area contributed by atoms with E-state index in [1.807, 2.05) is 0 Å². The van der Waals surface area contributed by atoms with Gasteiger partial charge in [-0.1, -0.05) is 0 Å². The minimum Gasteiger partial charge on any atom is -0.396 e. The van der Waals surface area contributed by atoms with Gasteiger partial charge in [-0.25, -0.2) is 0 Å². The van der Waals surface area contributed by atoms with E-state index in [1.54, 1.807) is 0 Å². The van der Waals surface area contributed by atoms with Gasteiger partial charge in [-0.3, -0.25) is 0 Å². The lowest BCUT2D eigenvalue weighted by Crippen LogP contribution is -2.38. The minimum atomic E-state index is 0.251. The Balaban J connectivity index is 1.58. The molecule has 0 spiro atoms. The highest BCUT2D eigenvalue weighted by Crippen LogP contribution is 2.29. The van der Waals surface area contributed by atoms with Crippen LogP contribution in [0.15, 0.2) is 0 Å². The molecule has 0 atom stereocenters. The second-order valence-electron chi connectivity index (χ2n) is 4.41. The Morgan fingerprint density at radius 1 is 1.14 bits per heavy atom. The van der Waals surface area contributed by atoms with E-state index in [0.29, 0.717) is 6.10 Å². The van der Waals surface area contributed by atoms with Crippen LogP contribution in [0.2, 0.25) is 0 Å². The first-order valence-corrected chi connectivity index (χ1v) is 5.86. The van der Waals surface area contributed by atoms with Gasteiger partial charge in [-0.15, -0.1) is 0 Å². The van der Waals surface area contributed by atoms with E-state index in [4.69, 9.17) is 9.84 Å². The number of nitrogens with zero attached hydrogens (tertiary/aromatic N) is 1. The Labute approximate surface area is 86.0 Å². The van der Waals surface area contributed by atoms with Crippen LogP contribution in [0.3, 0.4) is 0 Å². The molecule has 1 N–H and O–H groups in total. The summed E-state index contributed by atoms with van der Waals surface area (Å²) in [4.78, 5) is 2.60. The molecule has 0 aromatic rings. The summed E-state index contributed by atoms with van der Waals surface area (Å²) in [5, 5.41) is 8.63. The van der Waals surface area contributed by atoms with Crippen LogP contribution in [-0.2, 0) is 4.74 Å². The molecule has 0 bridgehead atoms. The molecule has 0 unspecified atom stereocenters. The van der Waals surface area contributed by atoms with Crippen molar-refractivity contribution < 1.29 is 9.84 Å². The molecule has 0 radical (unpaired) electrons. The summed E-state index contributed by atoms with van der Waals surface area (Å²) in [6, 6.07) is 0.911. The predicted molar refractivity (Wildman–Crippen MR) is 55.3 cm³/mol. The van der Waals surface area contributed by atoms with E-state index in [2.05, 4.69) is 4.90 Å². The summed E-state index contributed by atoms with van der Waals surface area (Å²) in [5.41, 5.74) is 0. The van der Waals surface area contributed by atoms with Crippen molar-refractivity contribution in [2.75, 3.05) is 26.3 Å². The largest absolute Gasteiger partial charge is 0.396 e. The van der Waals surface area contributed by atoms with E-state index < -0.39 is 0 Å². The zero-order valence-corrected chi connectivity index (χ0v) is 8.82. The van der Waals surface area contributed by atoms with Crippen molar-refractivity contribution >= 4 is 0 Å². The Kier molecular flexibility index (Phi) is 3.79. The van der Waals surface area contributed by atoms with Crippen LogP contribution >= 0.6 is 0 Å². The lowest BCUT2D eigenvalue weighted by atomic mass is 10.1. The molecule has 1 saturated carbocycles. The number of piperidine rings is 1. The van der Waals surface area contributed by atoms with Gasteiger partial charge in [0.05, 0.1) is 6.10 Å². The van der Waals surface area contributed by atoms with Crippen LogP contribution in [0, 0.1) is 0 Å². The van der Waals surface area contributed by atoms with Gasteiger partial charge in [0.2, 0.25) is 0 Å². The third-order valence-electron chi connectivity index (χ3n) is 3.20. The summed E-state index contributed by atoms with van der Waals surface area (Å²) in [6.07, 6.45) is 6.43. The average molecular weight is 199 g/mol. The molecule has 2 rings (SSSR count). The van der Waals surface area contributed by atoms with Gasteiger partial charge in [-0.05, 0) is 32.1 Å². The molecule has 0 aromatic heterocycles. The molecule has 1 heterocycles. The standard InChI is InChI=1S/C11H21NO2/c13-8-1-9-14-11-4-6-12(7-5-11)10-2-3-10/h10-11,13H,1-9H2. The zero-order valence-electron chi connectivity index (χ0n) is 8.82. The Morgan fingerprint density at radius 3 is 2.43 bits per heavy atom. The average Bonchev–Trinajstić information content (AvgIpc) is 3.03. The van der Waals surface area contributed by atoms with Crippen LogP contribution in [0.5, 0.6) is 0 Å². The summed E-state index contributed by atoms with van der Waals surface area (Å²) >= 11 is 0. The molecule has 1 aliphatic carbocycles. The first-order valence-electron chi connectivity index (χ1n) is 5.86. The molecule has 1 aliphatic heterocycles. The summed E-state index contributed by atoms with van der Waals surface area (Å²) < 4.78 is 5.69. The number of hydrogen-bond acceptors (Lipinski definition) is 3. The van der Waals surface area contributed by atoms with Crippen LogP contribution in [0.25, 0.3) is 0 Å². The number of aliphatic hydroxyl groups excluding tert-OH is 1. The molecule has 14 heavy (non-hydrogen) atoms. The van der Waals surface area contributed by atoms with Gasteiger partial charge in [0.25, 0.3) is 0 Å². The molecule has 3 nitrogen and oxygen atoms in total. The van der Waals surface area contributed by atoms with E-state index in [0.717, 1.165) is 19.1 Å². The van der Waals surface area contributed by atoms with E-state index in [-0.39, 0.29) is 6.61 Å². The summed E-state index contributed by atoms with van der Waals surface area (Å²) in [7, 11) is 0. The number of rotatable bonds is 5. The summed E-state index contributed by atoms with van der Waals surface area (Å²) in [5.74, 6) is 0. The second-order valence-corrected chi connectivity index (χ2v) is 4.41. The minimum absolute atomic E-state index is 0.251. The lowest BCUT2D eigenvalue weighted by Gasteiger charge is -2.31. The topological polar surface area (TPSA) is 32.7 Å². The fraction of sp³-hybridized carbons (Fsp3) is 1.00. The zero-order chi connectivity index (χ0) is 9.80. The molecular weight excluding hydrogens is 178 g/mol. The van der Waals surface area contributed by atoms with Crippen molar-refractivity contribution in [3.63, 3.8) is 0 Å². The Morgan fingerprint density at radius 2 is 1.86 bits per heavy atom. The third kappa shape index (κ3) is 2.94. The Bertz CT molecular complexity index is 163. The number of likely N-dealkylation sites (tertiary alicyclic amines) is 1. The van der Waals surface area contributed by atoms with Crippen molar-refractivity contribution in [3.05, 3.63) is 0 Å². The number of hydrogen-bond donors (Lipinski definition) is 1. The van der Waals surface area contributed by atoms with Crippen LogP contribution in [0.1, 0.15) is 32.1 Å². The van der Waals surface area contributed by atoms with E-state index in [9.17, 15) is 0 Å². The van der Waals surface area contributed by atoms with Gasteiger partial charge < -0.3 is 14.7 Å². The molecule has 3 heteroatoms. The van der Waals surface area contributed by atoms with Crippen LogP contribution < -0.4 is 0 Å². The molecule has 82 valence electrons. The third-order valence-corrected chi connectivity index (χ3v) is 3.20. The van der Waals surface area contributed by atoms with Gasteiger partial charge >= 0.3 is 0 Å². The maximum Gasteiger partial charge on any atom is 0.0599 e. The van der Waals surface area contributed by atoms with E-state index >= 15 is 0 Å². The van der Waals surface area contributed by atoms with Crippen molar-refractivity contribution in [1.29, 1.82) is 0 Å². The lowest BCUT2D eigenvalue weighted by molar-refractivity contribution is 0.000775. The molecule has 0 aromatic carbocycles. The molecule has 2 fully saturated rings. The normalized spacial score (nSPS) is 25.5. The highest BCUT2D eigenvalue weighted by molar-refractivity contribution is 4.87. The fourth-order valence-electron chi connectivity index (χ4n) is 2.16. The number of aliphatic hydroxyl groups is 1. The predicted octanol–water partition coefficient (Wildman–Crippen LogP) is 1.01. The van der Waals surface area contributed by atoms with Gasteiger partial charge in [0.1, 0.15) is 0 Å². The molecule has 0 amide bonds. The Hall–Kier alpha value is -0.120. The quantitative estimate of drug-likeness (QED) is 0.671. The highest BCUT2D eigenvalue weighted by Gasteiger charge is 2.31. The van der Waals surface area contributed by atoms with Gasteiger partial charge in [0.15, 0.2) is 0 Å². The molecule has 1 saturated heterocycles. The summed E-state index contributed by atoms with van der Waals surface area (Å²) in [6.45, 7) is 3.41.